The second-order valence-electron chi connectivity index (χ2n) is 9.85. The highest BCUT2D eigenvalue weighted by atomic mass is 35.5. The number of nitriles is 1. The van der Waals surface area contributed by atoms with Crippen LogP contribution in [0.1, 0.15) is 44.1 Å². The van der Waals surface area contributed by atoms with Crippen molar-refractivity contribution in [1.82, 2.24) is 9.55 Å². The van der Waals surface area contributed by atoms with Crippen LogP contribution < -0.4 is 15.4 Å². The van der Waals surface area contributed by atoms with Gasteiger partial charge in [-0.1, -0.05) is 23.2 Å². The molecule has 0 radical (unpaired) electrons. The summed E-state index contributed by atoms with van der Waals surface area (Å²) in [4.78, 5) is 22.2. The lowest BCUT2D eigenvalue weighted by Gasteiger charge is -2.41. The Labute approximate surface area is 215 Å². The SMILES string of the molecule is CN(c1c(C#N)c(=O)n(C)c2ccc(Cl)nc12)C1CCC(N(CC2CC2)c2ccc(Cl)cc2)CC1. The molecule has 8 heteroatoms. The predicted molar refractivity (Wildman–Crippen MR) is 143 cm³/mol. The summed E-state index contributed by atoms with van der Waals surface area (Å²) < 4.78 is 1.48. The average molecular weight is 510 g/mol. The van der Waals surface area contributed by atoms with Gasteiger partial charge in [-0.25, -0.2) is 4.98 Å². The van der Waals surface area contributed by atoms with Crippen molar-refractivity contribution in [3.05, 3.63) is 62.5 Å². The molecule has 0 bridgehead atoms. The Bertz CT molecular complexity index is 1330. The number of hydrogen-bond donors (Lipinski definition) is 0. The van der Waals surface area contributed by atoms with Crippen molar-refractivity contribution in [2.75, 3.05) is 23.4 Å². The summed E-state index contributed by atoms with van der Waals surface area (Å²) >= 11 is 12.4. The quantitative estimate of drug-likeness (QED) is 0.394. The van der Waals surface area contributed by atoms with Crippen LogP contribution in [-0.4, -0.2) is 35.2 Å². The van der Waals surface area contributed by atoms with Crippen molar-refractivity contribution in [2.45, 2.75) is 50.6 Å². The minimum atomic E-state index is -0.307. The van der Waals surface area contributed by atoms with Crippen LogP contribution in [0.3, 0.4) is 0 Å². The summed E-state index contributed by atoms with van der Waals surface area (Å²) in [7, 11) is 3.64. The van der Waals surface area contributed by atoms with Gasteiger partial charge in [-0.2, -0.15) is 5.26 Å². The van der Waals surface area contributed by atoms with Gasteiger partial charge in [0.25, 0.3) is 5.56 Å². The largest absolute Gasteiger partial charge is 0.369 e. The third-order valence-electron chi connectivity index (χ3n) is 7.61. The van der Waals surface area contributed by atoms with Gasteiger partial charge in [-0.15, -0.1) is 0 Å². The number of pyridine rings is 2. The van der Waals surface area contributed by atoms with Gasteiger partial charge >= 0.3 is 0 Å². The predicted octanol–water partition coefficient (Wildman–Crippen LogP) is 5.78. The van der Waals surface area contributed by atoms with Crippen LogP contribution in [0, 0.1) is 17.2 Å². The van der Waals surface area contributed by atoms with Crippen LogP contribution in [0.25, 0.3) is 11.0 Å². The molecule has 182 valence electrons. The first-order valence-electron chi connectivity index (χ1n) is 12.2. The van der Waals surface area contributed by atoms with E-state index in [4.69, 9.17) is 23.2 Å². The van der Waals surface area contributed by atoms with Gasteiger partial charge in [0.1, 0.15) is 22.3 Å². The number of hydrogen-bond acceptors (Lipinski definition) is 5. The third-order valence-corrected chi connectivity index (χ3v) is 8.07. The molecule has 0 spiro atoms. The first-order valence-corrected chi connectivity index (χ1v) is 13.0. The minimum absolute atomic E-state index is 0.121. The molecule has 0 amide bonds. The maximum Gasteiger partial charge on any atom is 0.270 e. The summed E-state index contributed by atoms with van der Waals surface area (Å²) in [6.45, 7) is 1.09. The standard InChI is InChI=1S/C27H29Cl2N5O/c1-32(26-22(15-30)27(35)33(2)23-13-14-24(29)31-25(23)26)19-9-11-21(12-10-19)34(16-17-3-4-17)20-7-5-18(28)6-8-20/h5-8,13-14,17,19,21H,3-4,9-12,16H2,1-2H3. The van der Waals surface area contributed by atoms with Gasteiger partial charge in [0.05, 0.1) is 11.2 Å². The first kappa shape index (κ1) is 24.0. The molecule has 2 aromatic heterocycles. The molecule has 5 rings (SSSR count). The Kier molecular flexibility index (Phi) is 6.65. The molecule has 0 aliphatic heterocycles. The Morgan fingerprint density at radius 2 is 1.69 bits per heavy atom. The van der Waals surface area contributed by atoms with Gasteiger partial charge in [-0.3, -0.25) is 4.79 Å². The lowest BCUT2D eigenvalue weighted by atomic mass is 9.88. The molecule has 35 heavy (non-hydrogen) atoms. The molecular formula is C27H29Cl2N5O. The van der Waals surface area contributed by atoms with Gasteiger partial charge in [-0.05, 0) is 80.8 Å². The number of aromatic nitrogens is 2. The lowest BCUT2D eigenvalue weighted by Crippen LogP contribution is -2.44. The molecule has 0 unspecified atom stereocenters. The summed E-state index contributed by atoms with van der Waals surface area (Å²) in [5, 5.41) is 11.0. The zero-order valence-electron chi connectivity index (χ0n) is 20.0. The fourth-order valence-corrected chi connectivity index (χ4v) is 5.70. The summed E-state index contributed by atoms with van der Waals surface area (Å²) in [5.41, 5.74) is 2.91. The zero-order valence-corrected chi connectivity index (χ0v) is 21.6. The van der Waals surface area contributed by atoms with E-state index in [9.17, 15) is 10.1 Å². The zero-order chi connectivity index (χ0) is 24.7. The lowest BCUT2D eigenvalue weighted by molar-refractivity contribution is 0.365. The molecule has 0 N–H and O–H groups in total. The van der Waals surface area contributed by atoms with Crippen LogP contribution in [0.15, 0.2) is 41.2 Å². The highest BCUT2D eigenvalue weighted by Gasteiger charge is 2.33. The van der Waals surface area contributed by atoms with E-state index < -0.39 is 0 Å². The highest BCUT2D eigenvalue weighted by molar-refractivity contribution is 6.30. The van der Waals surface area contributed by atoms with Gasteiger partial charge in [0.15, 0.2) is 0 Å². The topological polar surface area (TPSA) is 65.2 Å². The second-order valence-corrected chi connectivity index (χ2v) is 10.7. The van der Waals surface area contributed by atoms with Crippen molar-refractivity contribution in [3.8, 4) is 6.07 Å². The van der Waals surface area contributed by atoms with E-state index in [0.717, 1.165) is 43.2 Å². The van der Waals surface area contributed by atoms with E-state index in [-0.39, 0.29) is 17.2 Å². The number of anilines is 2. The van der Waals surface area contributed by atoms with E-state index in [1.165, 1.54) is 23.1 Å². The van der Waals surface area contributed by atoms with Gasteiger partial charge in [0, 0.05) is 43.4 Å². The molecule has 0 saturated heterocycles. The van der Waals surface area contributed by atoms with E-state index in [0.29, 0.717) is 27.9 Å². The maximum absolute atomic E-state index is 13.0. The molecule has 2 aliphatic rings. The monoisotopic (exact) mass is 509 g/mol. The Balaban J connectivity index is 1.41. The van der Waals surface area contributed by atoms with E-state index in [2.05, 4.69) is 33.0 Å². The summed E-state index contributed by atoms with van der Waals surface area (Å²) in [5.74, 6) is 0.784. The first-order chi connectivity index (χ1) is 16.9. The molecular weight excluding hydrogens is 481 g/mol. The second kappa shape index (κ2) is 9.72. The van der Waals surface area contributed by atoms with Crippen molar-refractivity contribution >= 4 is 45.6 Å². The fourth-order valence-electron chi connectivity index (χ4n) is 5.43. The maximum atomic E-state index is 13.0. The van der Waals surface area contributed by atoms with E-state index in [1.807, 2.05) is 19.2 Å². The smallest absolute Gasteiger partial charge is 0.270 e. The number of aryl methyl sites for hydroxylation is 1. The molecule has 6 nitrogen and oxygen atoms in total. The molecule has 2 saturated carbocycles. The van der Waals surface area contributed by atoms with Crippen LogP contribution in [0.5, 0.6) is 0 Å². The average Bonchev–Trinajstić information content (AvgIpc) is 3.69. The van der Waals surface area contributed by atoms with Crippen LogP contribution in [-0.2, 0) is 7.05 Å². The summed E-state index contributed by atoms with van der Waals surface area (Å²) in [6.07, 6.45) is 6.65. The number of halogens is 2. The Hall–Kier alpha value is -2.75. The molecule has 1 aromatic carbocycles. The van der Waals surface area contributed by atoms with E-state index >= 15 is 0 Å². The number of benzene rings is 1. The van der Waals surface area contributed by atoms with Crippen molar-refractivity contribution in [3.63, 3.8) is 0 Å². The van der Waals surface area contributed by atoms with Gasteiger partial charge in [0.2, 0.25) is 0 Å². The molecule has 3 aromatic rings. The minimum Gasteiger partial charge on any atom is -0.369 e. The summed E-state index contributed by atoms with van der Waals surface area (Å²) in [6, 6.07) is 14.5. The van der Waals surface area contributed by atoms with Gasteiger partial charge < -0.3 is 14.4 Å². The molecule has 2 fully saturated rings. The fraction of sp³-hybridized carbons (Fsp3) is 0.444. The van der Waals surface area contributed by atoms with Crippen molar-refractivity contribution in [2.24, 2.45) is 13.0 Å². The normalized spacial score (nSPS) is 20.0. The highest BCUT2D eigenvalue weighted by Crippen LogP contribution is 2.38. The number of fused-ring (bicyclic) bond motifs is 1. The van der Waals surface area contributed by atoms with Crippen LogP contribution in [0.4, 0.5) is 11.4 Å². The molecule has 2 heterocycles. The van der Waals surface area contributed by atoms with Crippen LogP contribution >= 0.6 is 23.2 Å². The van der Waals surface area contributed by atoms with Crippen LogP contribution in [0.2, 0.25) is 10.2 Å². The molecule has 2 aliphatic carbocycles. The van der Waals surface area contributed by atoms with Crippen molar-refractivity contribution in [1.29, 1.82) is 5.26 Å². The van der Waals surface area contributed by atoms with Crippen molar-refractivity contribution < 1.29 is 0 Å². The number of nitrogens with zero attached hydrogens (tertiary/aromatic N) is 5. The van der Waals surface area contributed by atoms with E-state index in [1.54, 1.807) is 19.2 Å². The Morgan fingerprint density at radius 1 is 1.03 bits per heavy atom. The Morgan fingerprint density at radius 3 is 2.31 bits per heavy atom. The molecule has 0 atom stereocenters. The third kappa shape index (κ3) is 4.72. The number of rotatable bonds is 6.